The van der Waals surface area contributed by atoms with Crippen LogP contribution in [-0.4, -0.2) is 25.2 Å². The van der Waals surface area contributed by atoms with Gasteiger partial charge in [0.2, 0.25) is 0 Å². The van der Waals surface area contributed by atoms with Crippen LogP contribution in [0.4, 0.5) is 0 Å². The Labute approximate surface area is 123 Å². The lowest BCUT2D eigenvalue weighted by atomic mass is 10.2. The molecule has 0 aliphatic carbocycles. The first-order valence-corrected chi connectivity index (χ1v) is 12.3. The highest BCUT2D eigenvalue weighted by atomic mass is 32.4. The highest BCUT2D eigenvalue weighted by Crippen LogP contribution is 2.29. The van der Waals surface area contributed by atoms with Crippen molar-refractivity contribution >= 4 is 24.6 Å². The Morgan fingerprint density at radius 2 is 1.89 bits per heavy atom. The standard InChI is InChI=1S/C16H27NSSi/c1-5-16(18-19(2,3)4)12-9-13-17-14-15-10-7-6-8-11-15/h6-8,10-11,14,16H,5,9,12-13H2,1-4H3/b17-14+. The van der Waals surface area contributed by atoms with Gasteiger partial charge in [0.05, 0.1) is 0 Å². The molecule has 3 heteroatoms. The molecule has 0 saturated heterocycles. The highest BCUT2D eigenvalue weighted by molar-refractivity contribution is 8.29. The summed E-state index contributed by atoms with van der Waals surface area (Å²) in [7, 11) is -0.984. The van der Waals surface area contributed by atoms with Crippen molar-refractivity contribution in [2.24, 2.45) is 4.99 Å². The number of aliphatic imine (C=N–C) groups is 1. The zero-order valence-corrected chi connectivity index (χ0v) is 14.5. The van der Waals surface area contributed by atoms with E-state index in [9.17, 15) is 0 Å². The van der Waals surface area contributed by atoms with Crippen molar-refractivity contribution in [3.63, 3.8) is 0 Å². The van der Waals surface area contributed by atoms with Gasteiger partial charge in [-0.1, -0.05) is 56.9 Å². The Balaban J connectivity index is 2.24. The lowest BCUT2D eigenvalue weighted by Gasteiger charge is -2.23. The molecule has 0 saturated carbocycles. The van der Waals surface area contributed by atoms with E-state index in [1.807, 2.05) is 12.3 Å². The minimum absolute atomic E-state index is 0.832. The van der Waals surface area contributed by atoms with Crippen LogP contribution >= 0.6 is 11.2 Å². The zero-order chi connectivity index (χ0) is 14.1. The smallest absolute Gasteiger partial charge is 0.108 e. The van der Waals surface area contributed by atoms with Crippen LogP contribution in [0.2, 0.25) is 19.6 Å². The molecule has 0 heterocycles. The van der Waals surface area contributed by atoms with Gasteiger partial charge in [0.15, 0.2) is 0 Å². The second-order valence-electron chi connectivity index (χ2n) is 5.85. The van der Waals surface area contributed by atoms with Gasteiger partial charge in [0, 0.05) is 12.8 Å². The van der Waals surface area contributed by atoms with Crippen LogP contribution in [0.15, 0.2) is 35.3 Å². The Hall–Kier alpha value is -0.543. The summed E-state index contributed by atoms with van der Waals surface area (Å²) >= 11 is 2.24. The van der Waals surface area contributed by atoms with Gasteiger partial charge in [-0.3, -0.25) is 4.99 Å². The maximum absolute atomic E-state index is 4.52. The molecule has 0 bridgehead atoms. The van der Waals surface area contributed by atoms with Gasteiger partial charge in [-0.25, -0.2) is 0 Å². The molecule has 0 N–H and O–H groups in total. The Kier molecular flexibility index (Phi) is 7.47. The van der Waals surface area contributed by atoms with Crippen molar-refractivity contribution < 1.29 is 0 Å². The van der Waals surface area contributed by atoms with Crippen LogP contribution in [0.3, 0.4) is 0 Å². The van der Waals surface area contributed by atoms with Gasteiger partial charge in [-0.2, -0.15) is 11.2 Å². The summed E-state index contributed by atoms with van der Waals surface area (Å²) in [6.07, 6.45) is 5.79. The van der Waals surface area contributed by atoms with E-state index < -0.39 is 7.22 Å². The number of rotatable bonds is 8. The van der Waals surface area contributed by atoms with Crippen LogP contribution in [0.25, 0.3) is 0 Å². The van der Waals surface area contributed by atoms with E-state index in [1.54, 1.807) is 0 Å². The predicted molar refractivity (Wildman–Crippen MR) is 93.2 cm³/mol. The molecule has 1 nitrogen and oxygen atoms in total. The van der Waals surface area contributed by atoms with Crippen LogP contribution in [0.5, 0.6) is 0 Å². The fourth-order valence-electron chi connectivity index (χ4n) is 1.97. The molecule has 0 aromatic heterocycles. The van der Waals surface area contributed by atoms with E-state index in [-0.39, 0.29) is 0 Å². The van der Waals surface area contributed by atoms with Crippen molar-refractivity contribution in [2.75, 3.05) is 6.54 Å². The zero-order valence-electron chi connectivity index (χ0n) is 12.7. The number of nitrogens with zero attached hydrogens (tertiary/aromatic N) is 1. The molecule has 1 unspecified atom stereocenters. The molecule has 1 aromatic carbocycles. The van der Waals surface area contributed by atoms with Crippen molar-refractivity contribution in [3.8, 4) is 0 Å². The molecule has 1 aromatic rings. The maximum Gasteiger partial charge on any atom is 0.108 e. The summed E-state index contributed by atoms with van der Waals surface area (Å²) in [5.41, 5.74) is 1.20. The SMILES string of the molecule is CCC(CCC/N=C/c1ccccc1)S[Si](C)(C)C. The van der Waals surface area contributed by atoms with Crippen LogP contribution in [-0.2, 0) is 0 Å². The molecule has 19 heavy (non-hydrogen) atoms. The topological polar surface area (TPSA) is 12.4 Å². The largest absolute Gasteiger partial charge is 0.293 e. The normalized spacial score (nSPS) is 13.9. The minimum atomic E-state index is -0.984. The summed E-state index contributed by atoms with van der Waals surface area (Å²) < 4.78 is 0. The average molecular weight is 294 g/mol. The molecule has 0 aliphatic rings. The van der Waals surface area contributed by atoms with Gasteiger partial charge < -0.3 is 0 Å². The van der Waals surface area contributed by atoms with E-state index >= 15 is 0 Å². The molecule has 0 amide bonds. The summed E-state index contributed by atoms with van der Waals surface area (Å²) in [4.78, 5) is 4.52. The highest BCUT2D eigenvalue weighted by Gasteiger charge is 2.19. The molecule has 0 aliphatic heterocycles. The molecule has 0 spiro atoms. The lowest BCUT2D eigenvalue weighted by molar-refractivity contribution is 0.693. The minimum Gasteiger partial charge on any atom is -0.293 e. The van der Waals surface area contributed by atoms with Gasteiger partial charge in [0.1, 0.15) is 7.22 Å². The quantitative estimate of drug-likeness (QED) is 0.363. The molecular formula is C16H27NSSi. The average Bonchev–Trinajstić information content (AvgIpc) is 2.37. The Morgan fingerprint density at radius 1 is 1.21 bits per heavy atom. The number of hydrogen-bond donors (Lipinski definition) is 0. The molecular weight excluding hydrogens is 266 g/mol. The van der Waals surface area contributed by atoms with Gasteiger partial charge in [-0.15, -0.1) is 0 Å². The first-order chi connectivity index (χ1) is 9.01. The van der Waals surface area contributed by atoms with Crippen LogP contribution in [0, 0.1) is 0 Å². The molecule has 106 valence electrons. The second kappa shape index (κ2) is 8.59. The van der Waals surface area contributed by atoms with E-state index in [2.05, 4.69) is 67.0 Å². The molecule has 0 radical (unpaired) electrons. The molecule has 1 atom stereocenters. The Bertz CT molecular complexity index is 370. The van der Waals surface area contributed by atoms with E-state index in [0.29, 0.717) is 0 Å². The summed E-state index contributed by atoms with van der Waals surface area (Å²) in [6.45, 7) is 10.6. The third-order valence-corrected chi connectivity index (χ3v) is 7.56. The summed E-state index contributed by atoms with van der Waals surface area (Å²) in [5, 5.41) is 0.832. The van der Waals surface area contributed by atoms with Gasteiger partial charge in [0.25, 0.3) is 0 Å². The van der Waals surface area contributed by atoms with Gasteiger partial charge >= 0.3 is 0 Å². The van der Waals surface area contributed by atoms with Crippen molar-refractivity contribution in [1.29, 1.82) is 0 Å². The molecule has 0 fully saturated rings. The van der Waals surface area contributed by atoms with Crippen molar-refractivity contribution in [3.05, 3.63) is 35.9 Å². The summed E-state index contributed by atoms with van der Waals surface area (Å²) in [6, 6.07) is 10.3. The monoisotopic (exact) mass is 293 g/mol. The molecule has 1 rings (SSSR count). The van der Waals surface area contributed by atoms with Gasteiger partial charge in [-0.05, 0) is 30.1 Å². The Morgan fingerprint density at radius 3 is 2.47 bits per heavy atom. The third-order valence-electron chi connectivity index (χ3n) is 2.83. The van der Waals surface area contributed by atoms with Crippen LogP contribution in [0.1, 0.15) is 31.7 Å². The summed E-state index contributed by atoms with van der Waals surface area (Å²) in [5.74, 6) is 0. The lowest BCUT2D eigenvalue weighted by Crippen LogP contribution is -2.20. The first kappa shape index (κ1) is 16.5. The van der Waals surface area contributed by atoms with E-state index in [4.69, 9.17) is 0 Å². The van der Waals surface area contributed by atoms with E-state index in [1.165, 1.54) is 24.8 Å². The third kappa shape index (κ3) is 8.27. The second-order valence-corrected chi connectivity index (χ2v) is 15.4. The fourth-order valence-corrected chi connectivity index (χ4v) is 7.27. The van der Waals surface area contributed by atoms with Crippen molar-refractivity contribution in [1.82, 2.24) is 0 Å². The number of benzene rings is 1. The van der Waals surface area contributed by atoms with E-state index in [0.717, 1.165) is 11.8 Å². The maximum atomic E-state index is 4.52. The fraction of sp³-hybridized carbons (Fsp3) is 0.562. The first-order valence-electron chi connectivity index (χ1n) is 7.24. The van der Waals surface area contributed by atoms with Crippen LogP contribution < -0.4 is 0 Å². The number of hydrogen-bond acceptors (Lipinski definition) is 2. The van der Waals surface area contributed by atoms with Crippen molar-refractivity contribution in [2.45, 2.75) is 51.1 Å². The predicted octanol–water partition coefficient (Wildman–Crippen LogP) is 5.23.